The van der Waals surface area contributed by atoms with E-state index in [0.29, 0.717) is 11.7 Å². The molecule has 7 heteroatoms. The Balaban J connectivity index is 1.94. The lowest BCUT2D eigenvalue weighted by atomic mass is 10.1. The number of hydrogen-bond acceptors (Lipinski definition) is 6. The Morgan fingerprint density at radius 2 is 2.44 bits per heavy atom. The first kappa shape index (κ1) is 12.6. The SMILES string of the molecule is CN1CCC(CNc2ccc([N+](=O)[O-])c(N)n2)C1. The highest BCUT2D eigenvalue weighted by molar-refractivity contribution is 5.57. The smallest absolute Gasteiger partial charge is 0.311 e. The third-order valence-corrected chi connectivity index (χ3v) is 3.16. The lowest BCUT2D eigenvalue weighted by molar-refractivity contribution is -0.384. The number of nitrogens with two attached hydrogens (primary N) is 1. The van der Waals surface area contributed by atoms with Crippen molar-refractivity contribution >= 4 is 17.3 Å². The van der Waals surface area contributed by atoms with Gasteiger partial charge in [-0.25, -0.2) is 4.98 Å². The van der Waals surface area contributed by atoms with Gasteiger partial charge in [-0.15, -0.1) is 0 Å². The van der Waals surface area contributed by atoms with Gasteiger partial charge in [-0.05, 0) is 32.0 Å². The summed E-state index contributed by atoms with van der Waals surface area (Å²) in [6.45, 7) is 2.99. The molecule has 0 spiro atoms. The maximum Gasteiger partial charge on any atom is 0.311 e. The van der Waals surface area contributed by atoms with Crippen LogP contribution in [-0.2, 0) is 0 Å². The molecule has 0 amide bonds. The highest BCUT2D eigenvalue weighted by Gasteiger charge is 2.19. The van der Waals surface area contributed by atoms with Crippen LogP contribution in [0.15, 0.2) is 12.1 Å². The molecule has 1 saturated heterocycles. The van der Waals surface area contributed by atoms with Gasteiger partial charge >= 0.3 is 5.69 Å². The molecule has 0 saturated carbocycles. The molecular weight excluding hydrogens is 234 g/mol. The summed E-state index contributed by atoms with van der Waals surface area (Å²) in [6.07, 6.45) is 1.16. The lowest BCUT2D eigenvalue weighted by Gasteiger charge is -2.12. The van der Waals surface area contributed by atoms with Crippen LogP contribution in [-0.4, -0.2) is 41.5 Å². The molecule has 1 unspecified atom stereocenters. The summed E-state index contributed by atoms with van der Waals surface area (Å²) in [5, 5.41) is 13.8. The van der Waals surface area contributed by atoms with E-state index in [0.717, 1.165) is 26.1 Å². The average molecular weight is 251 g/mol. The molecule has 1 aliphatic heterocycles. The largest absolute Gasteiger partial charge is 0.378 e. The molecule has 1 atom stereocenters. The number of pyridine rings is 1. The fraction of sp³-hybridized carbons (Fsp3) is 0.545. The van der Waals surface area contributed by atoms with Crippen LogP contribution in [0, 0.1) is 16.0 Å². The molecule has 0 radical (unpaired) electrons. The van der Waals surface area contributed by atoms with Crippen molar-refractivity contribution in [2.24, 2.45) is 5.92 Å². The molecule has 2 heterocycles. The zero-order chi connectivity index (χ0) is 13.1. The molecule has 1 aromatic rings. The Labute approximate surface area is 105 Å². The Hall–Kier alpha value is -1.89. The number of nitrogens with one attached hydrogen (secondary N) is 1. The molecule has 1 aromatic heterocycles. The second-order valence-corrected chi connectivity index (χ2v) is 4.66. The second-order valence-electron chi connectivity index (χ2n) is 4.66. The van der Waals surface area contributed by atoms with E-state index in [9.17, 15) is 10.1 Å². The third-order valence-electron chi connectivity index (χ3n) is 3.16. The van der Waals surface area contributed by atoms with E-state index >= 15 is 0 Å². The number of rotatable bonds is 4. The van der Waals surface area contributed by atoms with Crippen LogP contribution in [0.25, 0.3) is 0 Å². The Bertz CT molecular complexity index is 451. The number of anilines is 2. The van der Waals surface area contributed by atoms with E-state index in [2.05, 4.69) is 22.2 Å². The molecule has 0 aromatic carbocycles. The van der Waals surface area contributed by atoms with Crippen molar-refractivity contribution in [1.29, 1.82) is 0 Å². The van der Waals surface area contributed by atoms with Gasteiger partial charge in [-0.3, -0.25) is 10.1 Å². The zero-order valence-electron chi connectivity index (χ0n) is 10.3. The minimum atomic E-state index is -0.530. The zero-order valence-corrected chi connectivity index (χ0v) is 10.3. The Morgan fingerprint density at radius 3 is 3.00 bits per heavy atom. The van der Waals surface area contributed by atoms with Crippen LogP contribution >= 0.6 is 0 Å². The summed E-state index contributed by atoms with van der Waals surface area (Å²) in [7, 11) is 2.10. The van der Waals surface area contributed by atoms with Crippen LogP contribution in [0.4, 0.5) is 17.3 Å². The minimum Gasteiger partial charge on any atom is -0.378 e. The minimum absolute atomic E-state index is 0.0476. The molecule has 7 nitrogen and oxygen atoms in total. The van der Waals surface area contributed by atoms with Gasteiger partial charge in [0.1, 0.15) is 5.82 Å². The molecule has 1 fully saturated rings. The fourth-order valence-electron chi connectivity index (χ4n) is 2.16. The summed E-state index contributed by atoms with van der Waals surface area (Å²) in [5.41, 5.74) is 5.38. The van der Waals surface area contributed by atoms with E-state index in [-0.39, 0.29) is 11.5 Å². The molecule has 1 aliphatic rings. The standard InChI is InChI=1S/C11H17N5O2/c1-15-5-4-8(7-15)6-13-10-3-2-9(16(17)18)11(12)14-10/h2-3,8H,4-7H2,1H3,(H3,12,13,14). The molecule has 2 rings (SSSR count). The summed E-state index contributed by atoms with van der Waals surface area (Å²) in [5.74, 6) is 1.13. The Kier molecular flexibility index (Phi) is 3.61. The van der Waals surface area contributed by atoms with E-state index in [4.69, 9.17) is 5.73 Å². The van der Waals surface area contributed by atoms with E-state index < -0.39 is 4.92 Å². The van der Waals surface area contributed by atoms with Crippen molar-refractivity contribution in [2.75, 3.05) is 37.7 Å². The number of nitrogen functional groups attached to an aromatic ring is 1. The van der Waals surface area contributed by atoms with Gasteiger partial charge in [0.15, 0.2) is 0 Å². The van der Waals surface area contributed by atoms with Crippen molar-refractivity contribution in [3.63, 3.8) is 0 Å². The monoisotopic (exact) mass is 251 g/mol. The van der Waals surface area contributed by atoms with E-state index in [1.54, 1.807) is 6.07 Å². The van der Waals surface area contributed by atoms with Crippen LogP contribution in [0.2, 0.25) is 0 Å². The lowest BCUT2D eigenvalue weighted by Crippen LogP contribution is -2.19. The van der Waals surface area contributed by atoms with Crippen LogP contribution in [0.5, 0.6) is 0 Å². The van der Waals surface area contributed by atoms with Gasteiger partial charge in [-0.2, -0.15) is 0 Å². The highest BCUT2D eigenvalue weighted by Crippen LogP contribution is 2.21. The van der Waals surface area contributed by atoms with Gasteiger partial charge in [0.25, 0.3) is 0 Å². The number of nitrogens with zero attached hydrogens (tertiary/aromatic N) is 3. The van der Waals surface area contributed by atoms with Crippen molar-refractivity contribution < 1.29 is 4.92 Å². The molecular formula is C11H17N5O2. The van der Waals surface area contributed by atoms with Crippen molar-refractivity contribution in [3.05, 3.63) is 22.2 Å². The quantitative estimate of drug-likeness (QED) is 0.610. The maximum absolute atomic E-state index is 10.6. The predicted octanol–water partition coefficient (Wildman–Crippen LogP) is 0.936. The van der Waals surface area contributed by atoms with Crippen molar-refractivity contribution in [1.82, 2.24) is 9.88 Å². The summed E-state index contributed by atoms with van der Waals surface area (Å²) < 4.78 is 0. The number of likely N-dealkylation sites (tertiary alicyclic amines) is 1. The fourth-order valence-corrected chi connectivity index (χ4v) is 2.16. The predicted molar refractivity (Wildman–Crippen MR) is 69.4 cm³/mol. The van der Waals surface area contributed by atoms with Gasteiger partial charge < -0.3 is 16.0 Å². The van der Waals surface area contributed by atoms with E-state index in [1.165, 1.54) is 6.07 Å². The van der Waals surface area contributed by atoms with Gasteiger partial charge in [0.05, 0.1) is 4.92 Å². The van der Waals surface area contributed by atoms with Gasteiger partial charge in [0, 0.05) is 19.2 Å². The first-order valence-corrected chi connectivity index (χ1v) is 5.89. The molecule has 0 aliphatic carbocycles. The van der Waals surface area contributed by atoms with E-state index in [1.807, 2.05) is 0 Å². The summed E-state index contributed by atoms with van der Waals surface area (Å²) in [6, 6.07) is 2.97. The maximum atomic E-state index is 10.6. The highest BCUT2D eigenvalue weighted by atomic mass is 16.6. The van der Waals surface area contributed by atoms with Crippen molar-refractivity contribution in [3.8, 4) is 0 Å². The van der Waals surface area contributed by atoms with Crippen LogP contribution in [0.3, 0.4) is 0 Å². The van der Waals surface area contributed by atoms with Crippen LogP contribution in [0.1, 0.15) is 6.42 Å². The number of hydrogen-bond donors (Lipinski definition) is 2. The Morgan fingerprint density at radius 1 is 1.67 bits per heavy atom. The van der Waals surface area contributed by atoms with Crippen LogP contribution < -0.4 is 11.1 Å². The molecule has 98 valence electrons. The second kappa shape index (κ2) is 5.18. The number of aromatic nitrogens is 1. The molecule has 18 heavy (non-hydrogen) atoms. The first-order chi connectivity index (χ1) is 8.56. The van der Waals surface area contributed by atoms with Crippen molar-refractivity contribution in [2.45, 2.75) is 6.42 Å². The normalized spacial score (nSPS) is 19.9. The van der Waals surface area contributed by atoms with Gasteiger partial charge in [-0.1, -0.05) is 0 Å². The van der Waals surface area contributed by atoms with Gasteiger partial charge in [0.2, 0.25) is 5.82 Å². The average Bonchev–Trinajstić information content (AvgIpc) is 2.72. The summed E-state index contributed by atoms with van der Waals surface area (Å²) >= 11 is 0. The number of nitro groups is 1. The molecule has 0 bridgehead atoms. The topological polar surface area (TPSA) is 97.3 Å². The third kappa shape index (κ3) is 2.86. The first-order valence-electron chi connectivity index (χ1n) is 5.89. The molecule has 3 N–H and O–H groups in total. The summed E-state index contributed by atoms with van der Waals surface area (Å²) in [4.78, 5) is 16.3.